The van der Waals surface area contributed by atoms with Crippen LogP contribution in [0.5, 0.6) is 0 Å². The second kappa shape index (κ2) is 4.82. The molecule has 0 amide bonds. The molecule has 20 heavy (non-hydrogen) atoms. The number of hydrogen-bond acceptors (Lipinski definition) is 3. The lowest BCUT2D eigenvalue weighted by atomic mass is 10.3. The first-order valence-electron chi connectivity index (χ1n) is 5.41. The number of aromatic amines is 1. The molecule has 0 aliphatic carbocycles. The highest BCUT2D eigenvalue weighted by Crippen LogP contribution is 2.24. The second-order valence-electron chi connectivity index (χ2n) is 4.13. The predicted molar refractivity (Wildman–Crippen MR) is 65.2 cm³/mol. The Morgan fingerprint density at radius 1 is 1.15 bits per heavy atom. The molecule has 1 heterocycles. The maximum Gasteiger partial charge on any atom is 0.268 e. The quantitative estimate of drug-likeness (QED) is 0.913. The highest BCUT2D eigenvalue weighted by molar-refractivity contribution is 7.92. The Labute approximate surface area is 112 Å². The molecule has 0 saturated carbocycles. The summed E-state index contributed by atoms with van der Waals surface area (Å²) in [5.41, 5.74) is 1.08. The van der Waals surface area contributed by atoms with Gasteiger partial charge in [-0.2, -0.15) is 5.10 Å². The van der Waals surface area contributed by atoms with Gasteiger partial charge in [0.25, 0.3) is 10.0 Å². The van der Waals surface area contributed by atoms with Crippen molar-refractivity contribution in [1.29, 1.82) is 0 Å². The smallest absolute Gasteiger partial charge is 0.268 e. The molecule has 0 fully saturated rings. The van der Waals surface area contributed by atoms with Gasteiger partial charge in [0.1, 0.15) is 17.5 Å². The van der Waals surface area contributed by atoms with Gasteiger partial charge in [-0.3, -0.25) is 9.82 Å². The third-order valence-electron chi connectivity index (χ3n) is 2.72. The van der Waals surface area contributed by atoms with Crippen LogP contribution in [0.15, 0.2) is 17.0 Å². The molecule has 1 aromatic carbocycles. The number of aromatic nitrogens is 2. The summed E-state index contributed by atoms with van der Waals surface area (Å²) in [5.74, 6) is -4.31. The van der Waals surface area contributed by atoms with Gasteiger partial charge in [-0.1, -0.05) is 0 Å². The summed E-state index contributed by atoms with van der Waals surface area (Å²) in [4.78, 5) is -1.25. The monoisotopic (exact) mass is 305 g/mol. The summed E-state index contributed by atoms with van der Waals surface area (Å²) in [6, 6.07) is 0.584. The maximum atomic E-state index is 13.5. The summed E-state index contributed by atoms with van der Waals surface area (Å²) in [7, 11) is -4.55. The highest BCUT2D eigenvalue weighted by Gasteiger charge is 2.26. The predicted octanol–water partition coefficient (Wildman–Crippen LogP) is 2.24. The molecule has 0 spiro atoms. The third-order valence-corrected chi connectivity index (χ3v) is 4.11. The summed E-state index contributed by atoms with van der Waals surface area (Å²) in [6.07, 6.45) is 0. The van der Waals surface area contributed by atoms with Crippen molar-refractivity contribution in [1.82, 2.24) is 10.2 Å². The van der Waals surface area contributed by atoms with Gasteiger partial charge in [0, 0.05) is 23.4 Å². The molecule has 0 atom stereocenters. The largest absolute Gasteiger partial charge is 0.280 e. The molecule has 1 aromatic heterocycles. The Kier molecular flexibility index (Phi) is 3.46. The van der Waals surface area contributed by atoms with E-state index in [1.807, 2.05) is 4.72 Å². The molecular weight excluding hydrogens is 295 g/mol. The Hall–Kier alpha value is -2.03. The molecule has 9 heteroatoms. The van der Waals surface area contributed by atoms with Crippen LogP contribution in [-0.2, 0) is 10.0 Å². The zero-order valence-corrected chi connectivity index (χ0v) is 11.3. The van der Waals surface area contributed by atoms with Crippen LogP contribution < -0.4 is 4.72 Å². The van der Waals surface area contributed by atoms with Crippen LogP contribution >= 0.6 is 0 Å². The Balaban J connectivity index is 2.49. The highest BCUT2D eigenvalue weighted by atomic mass is 32.2. The molecule has 0 unspecified atom stereocenters. The van der Waals surface area contributed by atoms with E-state index in [0.717, 1.165) is 0 Å². The standard InChI is InChI=1S/C11H10F3N3O2S/c1-5-6(2)15-16-11(5)17-20(18,19)10-8(13)3-7(12)4-9(10)14/h3-4H,1-2H3,(H2,15,16,17). The number of benzene rings is 1. The van der Waals surface area contributed by atoms with E-state index in [4.69, 9.17) is 0 Å². The molecule has 2 rings (SSSR count). The van der Waals surface area contributed by atoms with Crippen molar-refractivity contribution >= 4 is 15.8 Å². The topological polar surface area (TPSA) is 74.8 Å². The number of sulfonamides is 1. The number of hydrogen-bond donors (Lipinski definition) is 2. The van der Waals surface area contributed by atoms with Gasteiger partial charge in [-0.15, -0.1) is 0 Å². The van der Waals surface area contributed by atoms with Crippen LogP contribution in [0.1, 0.15) is 11.3 Å². The number of nitrogens with zero attached hydrogens (tertiary/aromatic N) is 1. The van der Waals surface area contributed by atoms with Crippen LogP contribution in [0, 0.1) is 31.3 Å². The minimum absolute atomic E-state index is 0.0781. The zero-order valence-electron chi connectivity index (χ0n) is 10.5. The number of halogens is 3. The van der Waals surface area contributed by atoms with Crippen molar-refractivity contribution in [3.63, 3.8) is 0 Å². The first kappa shape index (κ1) is 14.4. The second-order valence-corrected chi connectivity index (χ2v) is 5.75. The maximum absolute atomic E-state index is 13.5. The van der Waals surface area contributed by atoms with Crippen molar-refractivity contribution in [3.8, 4) is 0 Å². The first-order chi connectivity index (χ1) is 9.22. The molecule has 2 aromatic rings. The molecule has 0 bridgehead atoms. The van der Waals surface area contributed by atoms with E-state index in [0.29, 0.717) is 23.4 Å². The van der Waals surface area contributed by atoms with Crippen LogP contribution in [0.2, 0.25) is 0 Å². The van der Waals surface area contributed by atoms with E-state index in [2.05, 4.69) is 10.2 Å². The van der Waals surface area contributed by atoms with Gasteiger partial charge in [0.05, 0.1) is 0 Å². The third kappa shape index (κ3) is 2.48. The fourth-order valence-electron chi connectivity index (χ4n) is 1.55. The summed E-state index contributed by atoms with van der Waals surface area (Å²) < 4.78 is 65.6. The van der Waals surface area contributed by atoms with Crippen LogP contribution in [0.25, 0.3) is 0 Å². The molecule has 0 saturated heterocycles. The fourth-order valence-corrected chi connectivity index (χ4v) is 2.74. The lowest BCUT2D eigenvalue weighted by Crippen LogP contribution is -2.17. The zero-order chi connectivity index (χ0) is 15.1. The molecule has 108 valence electrons. The summed E-state index contributed by atoms with van der Waals surface area (Å²) >= 11 is 0. The van der Waals surface area contributed by atoms with Crippen molar-refractivity contribution in [2.75, 3.05) is 4.72 Å². The number of rotatable bonds is 3. The van der Waals surface area contributed by atoms with Gasteiger partial charge in [-0.05, 0) is 13.8 Å². The number of nitrogens with one attached hydrogen (secondary N) is 2. The average Bonchev–Trinajstić information content (AvgIpc) is 2.58. The molecule has 0 aliphatic heterocycles. The fraction of sp³-hybridized carbons (Fsp3) is 0.182. The van der Waals surface area contributed by atoms with E-state index in [9.17, 15) is 21.6 Å². The molecule has 2 N–H and O–H groups in total. The number of anilines is 1. The molecular formula is C11H10F3N3O2S. The Morgan fingerprint density at radius 3 is 2.15 bits per heavy atom. The van der Waals surface area contributed by atoms with E-state index in [1.165, 1.54) is 0 Å². The van der Waals surface area contributed by atoms with Crippen molar-refractivity contribution in [3.05, 3.63) is 40.8 Å². The van der Waals surface area contributed by atoms with Crippen molar-refractivity contribution in [2.45, 2.75) is 18.7 Å². The van der Waals surface area contributed by atoms with Gasteiger partial charge in [0.2, 0.25) is 0 Å². The minimum Gasteiger partial charge on any atom is -0.280 e. The van der Waals surface area contributed by atoms with Gasteiger partial charge >= 0.3 is 0 Å². The number of H-pyrrole nitrogens is 1. The van der Waals surface area contributed by atoms with Crippen molar-refractivity contribution < 1.29 is 21.6 Å². The molecule has 0 radical (unpaired) electrons. The van der Waals surface area contributed by atoms with Gasteiger partial charge < -0.3 is 0 Å². The van der Waals surface area contributed by atoms with Crippen LogP contribution in [0.4, 0.5) is 19.0 Å². The summed E-state index contributed by atoms with van der Waals surface area (Å²) in [5, 5.41) is 6.19. The van der Waals surface area contributed by atoms with E-state index >= 15 is 0 Å². The molecule has 5 nitrogen and oxygen atoms in total. The van der Waals surface area contributed by atoms with Gasteiger partial charge in [-0.25, -0.2) is 21.6 Å². The van der Waals surface area contributed by atoms with E-state index in [1.54, 1.807) is 13.8 Å². The SMILES string of the molecule is Cc1[nH]nc(NS(=O)(=O)c2c(F)cc(F)cc2F)c1C. The minimum atomic E-state index is -4.55. The van der Waals surface area contributed by atoms with E-state index < -0.39 is 32.4 Å². The first-order valence-corrected chi connectivity index (χ1v) is 6.89. The summed E-state index contributed by atoms with van der Waals surface area (Å²) in [6.45, 7) is 3.23. The van der Waals surface area contributed by atoms with Gasteiger partial charge in [0.15, 0.2) is 10.7 Å². The van der Waals surface area contributed by atoms with Crippen molar-refractivity contribution in [2.24, 2.45) is 0 Å². The lowest BCUT2D eigenvalue weighted by molar-refractivity contribution is 0.498. The Bertz CT molecular complexity index is 748. The Morgan fingerprint density at radius 2 is 1.70 bits per heavy atom. The average molecular weight is 305 g/mol. The number of aryl methyl sites for hydroxylation is 1. The lowest BCUT2D eigenvalue weighted by Gasteiger charge is -2.08. The normalized spacial score (nSPS) is 11.7. The van der Waals surface area contributed by atoms with Crippen LogP contribution in [0.3, 0.4) is 0 Å². The molecule has 0 aliphatic rings. The van der Waals surface area contributed by atoms with Crippen LogP contribution in [-0.4, -0.2) is 18.6 Å². The van der Waals surface area contributed by atoms with E-state index in [-0.39, 0.29) is 5.82 Å².